The van der Waals surface area contributed by atoms with Crippen LogP contribution in [0.4, 0.5) is 0 Å². The predicted molar refractivity (Wildman–Crippen MR) is 110 cm³/mol. The van der Waals surface area contributed by atoms with E-state index in [0.717, 1.165) is 18.1 Å². The fraction of sp³-hybridized carbons (Fsp3) is 0.727. The van der Waals surface area contributed by atoms with Gasteiger partial charge in [0.25, 0.3) is 0 Å². The zero-order chi connectivity index (χ0) is 19.9. The summed E-state index contributed by atoms with van der Waals surface area (Å²) in [5, 5.41) is 28.1. The quantitative estimate of drug-likeness (QED) is 0.384. The number of unbranched alkanes of at least 4 members (excludes halogenated alkanes) is 3. The smallest absolute Gasteiger partial charge is 0.119 e. The van der Waals surface area contributed by atoms with E-state index in [4.69, 9.17) is 14.9 Å². The highest BCUT2D eigenvalue weighted by atomic mass is 16.5. The first-order valence-electron chi connectivity index (χ1n) is 10.4. The molecule has 0 aliphatic rings. The summed E-state index contributed by atoms with van der Waals surface area (Å²) in [6.07, 6.45) is 6.94. The molecule has 0 aromatic heterocycles. The Labute approximate surface area is 165 Å². The van der Waals surface area contributed by atoms with Gasteiger partial charge in [0.2, 0.25) is 0 Å². The van der Waals surface area contributed by atoms with E-state index in [9.17, 15) is 5.11 Å². The molecule has 0 saturated carbocycles. The maximum atomic E-state index is 10.1. The van der Waals surface area contributed by atoms with E-state index in [1.165, 1.54) is 37.7 Å². The number of aliphatic hydroxyl groups is 3. The predicted octanol–water partition coefficient (Wildman–Crippen LogP) is 2.86. The van der Waals surface area contributed by atoms with Gasteiger partial charge in [0.05, 0.1) is 13.2 Å². The van der Waals surface area contributed by atoms with Crippen molar-refractivity contribution in [1.82, 2.24) is 4.90 Å². The third-order valence-corrected chi connectivity index (χ3v) is 4.66. The lowest BCUT2D eigenvalue weighted by Crippen LogP contribution is -2.38. The van der Waals surface area contributed by atoms with Crippen molar-refractivity contribution in [3.8, 4) is 5.75 Å². The minimum absolute atomic E-state index is 0.00671. The summed E-state index contributed by atoms with van der Waals surface area (Å²) in [5.74, 6) is 1.56. The Kier molecular flexibility index (Phi) is 13.2. The van der Waals surface area contributed by atoms with Crippen molar-refractivity contribution in [2.45, 2.75) is 58.5 Å². The Balaban J connectivity index is 2.23. The Morgan fingerprint density at radius 1 is 0.926 bits per heavy atom. The van der Waals surface area contributed by atoms with Crippen LogP contribution in [0.3, 0.4) is 0 Å². The van der Waals surface area contributed by atoms with Gasteiger partial charge in [0.15, 0.2) is 0 Å². The topological polar surface area (TPSA) is 73.2 Å². The molecule has 0 spiro atoms. The molecular weight excluding hydrogens is 342 g/mol. The van der Waals surface area contributed by atoms with Gasteiger partial charge >= 0.3 is 0 Å². The van der Waals surface area contributed by atoms with Crippen molar-refractivity contribution in [2.24, 2.45) is 5.92 Å². The standard InChI is InChI=1S/C22H39NO4/c1-19(2)7-5-3-4-6-8-20-9-11-22(12-10-20)27-18-21(26)17-23(13-15-24)14-16-25/h9-12,19,21,24-26H,3-8,13-18H2,1-2H3. The molecule has 0 amide bonds. The fourth-order valence-electron chi connectivity index (χ4n) is 3.11. The summed E-state index contributed by atoms with van der Waals surface area (Å²) in [5.41, 5.74) is 1.32. The van der Waals surface area contributed by atoms with Crippen LogP contribution in [0.25, 0.3) is 0 Å². The van der Waals surface area contributed by atoms with Gasteiger partial charge in [-0.2, -0.15) is 0 Å². The first kappa shape index (κ1) is 23.9. The van der Waals surface area contributed by atoms with Gasteiger partial charge in [-0.05, 0) is 36.5 Å². The van der Waals surface area contributed by atoms with E-state index in [0.29, 0.717) is 19.6 Å². The molecule has 0 heterocycles. The highest BCUT2D eigenvalue weighted by Gasteiger charge is 2.12. The zero-order valence-electron chi connectivity index (χ0n) is 17.1. The summed E-state index contributed by atoms with van der Waals surface area (Å²) in [7, 11) is 0. The van der Waals surface area contributed by atoms with Gasteiger partial charge in [-0.3, -0.25) is 4.90 Å². The number of benzene rings is 1. The maximum Gasteiger partial charge on any atom is 0.119 e. The molecule has 1 aromatic carbocycles. The number of ether oxygens (including phenoxy) is 1. The highest BCUT2D eigenvalue weighted by Crippen LogP contribution is 2.16. The minimum atomic E-state index is -0.659. The molecule has 0 aliphatic carbocycles. The van der Waals surface area contributed by atoms with E-state index in [2.05, 4.69) is 26.0 Å². The number of nitrogens with zero attached hydrogens (tertiary/aromatic N) is 1. The van der Waals surface area contributed by atoms with Crippen molar-refractivity contribution in [2.75, 3.05) is 39.5 Å². The molecule has 5 heteroatoms. The lowest BCUT2D eigenvalue weighted by Gasteiger charge is -2.23. The third-order valence-electron chi connectivity index (χ3n) is 4.66. The van der Waals surface area contributed by atoms with E-state index < -0.39 is 6.10 Å². The van der Waals surface area contributed by atoms with Gasteiger partial charge in [-0.25, -0.2) is 0 Å². The molecule has 0 bridgehead atoms. The average Bonchev–Trinajstić information content (AvgIpc) is 2.64. The monoisotopic (exact) mass is 381 g/mol. The first-order chi connectivity index (χ1) is 13.0. The van der Waals surface area contributed by atoms with Crippen molar-refractivity contribution in [1.29, 1.82) is 0 Å². The van der Waals surface area contributed by atoms with Crippen molar-refractivity contribution in [3.05, 3.63) is 29.8 Å². The van der Waals surface area contributed by atoms with Gasteiger partial charge in [-0.1, -0.05) is 51.7 Å². The first-order valence-corrected chi connectivity index (χ1v) is 10.4. The van der Waals surface area contributed by atoms with Crippen LogP contribution >= 0.6 is 0 Å². The lowest BCUT2D eigenvalue weighted by molar-refractivity contribution is 0.0552. The van der Waals surface area contributed by atoms with Crippen molar-refractivity contribution < 1.29 is 20.1 Å². The third kappa shape index (κ3) is 12.0. The van der Waals surface area contributed by atoms with E-state index in [-0.39, 0.29) is 19.8 Å². The molecule has 0 radical (unpaired) electrons. The summed E-state index contributed by atoms with van der Waals surface area (Å²) in [6, 6.07) is 8.11. The Hall–Kier alpha value is -1.14. The van der Waals surface area contributed by atoms with Crippen LogP contribution in [0.15, 0.2) is 24.3 Å². The maximum absolute atomic E-state index is 10.1. The second-order valence-electron chi connectivity index (χ2n) is 7.70. The fourth-order valence-corrected chi connectivity index (χ4v) is 3.11. The Morgan fingerprint density at radius 2 is 1.56 bits per heavy atom. The van der Waals surface area contributed by atoms with E-state index in [1.807, 2.05) is 17.0 Å². The number of aryl methyl sites for hydroxylation is 1. The molecule has 1 unspecified atom stereocenters. The molecule has 156 valence electrons. The van der Waals surface area contributed by atoms with Crippen molar-refractivity contribution >= 4 is 0 Å². The zero-order valence-corrected chi connectivity index (χ0v) is 17.1. The molecule has 1 rings (SSSR count). The van der Waals surface area contributed by atoms with Crippen LogP contribution in [-0.4, -0.2) is 65.8 Å². The largest absolute Gasteiger partial charge is 0.491 e. The molecule has 1 aromatic rings. The number of aliphatic hydroxyl groups excluding tert-OH is 3. The van der Waals surface area contributed by atoms with Crippen LogP contribution in [0.1, 0.15) is 51.5 Å². The molecule has 27 heavy (non-hydrogen) atoms. The van der Waals surface area contributed by atoms with Crippen LogP contribution in [-0.2, 0) is 6.42 Å². The van der Waals surface area contributed by atoms with Gasteiger partial charge in [0, 0.05) is 19.6 Å². The lowest BCUT2D eigenvalue weighted by atomic mass is 10.0. The molecule has 0 aliphatic heterocycles. The number of hydrogen-bond acceptors (Lipinski definition) is 5. The molecule has 5 nitrogen and oxygen atoms in total. The number of hydrogen-bond donors (Lipinski definition) is 3. The van der Waals surface area contributed by atoms with Gasteiger partial charge in [0.1, 0.15) is 18.5 Å². The van der Waals surface area contributed by atoms with E-state index in [1.54, 1.807) is 0 Å². The molecule has 0 fully saturated rings. The molecule has 1 atom stereocenters. The Bertz CT molecular complexity index is 458. The second-order valence-corrected chi connectivity index (χ2v) is 7.70. The molecule has 3 N–H and O–H groups in total. The molecular formula is C22H39NO4. The number of rotatable bonds is 16. The molecule has 0 saturated heterocycles. The van der Waals surface area contributed by atoms with Crippen LogP contribution in [0, 0.1) is 5.92 Å². The Morgan fingerprint density at radius 3 is 2.15 bits per heavy atom. The summed E-state index contributed by atoms with van der Waals surface area (Å²) < 4.78 is 5.66. The van der Waals surface area contributed by atoms with Crippen LogP contribution < -0.4 is 4.74 Å². The van der Waals surface area contributed by atoms with Crippen LogP contribution in [0.2, 0.25) is 0 Å². The summed E-state index contributed by atoms with van der Waals surface area (Å²) in [4.78, 5) is 1.82. The highest BCUT2D eigenvalue weighted by molar-refractivity contribution is 5.27. The van der Waals surface area contributed by atoms with Crippen LogP contribution in [0.5, 0.6) is 5.75 Å². The van der Waals surface area contributed by atoms with E-state index >= 15 is 0 Å². The SMILES string of the molecule is CC(C)CCCCCCc1ccc(OCC(O)CN(CCO)CCO)cc1. The van der Waals surface area contributed by atoms with Crippen molar-refractivity contribution in [3.63, 3.8) is 0 Å². The van der Waals surface area contributed by atoms with Gasteiger partial charge in [-0.15, -0.1) is 0 Å². The second kappa shape index (κ2) is 14.9. The van der Waals surface area contributed by atoms with Gasteiger partial charge < -0.3 is 20.1 Å². The summed E-state index contributed by atoms with van der Waals surface area (Å²) in [6.45, 7) is 6.01. The average molecular weight is 382 g/mol. The minimum Gasteiger partial charge on any atom is -0.491 e. The normalized spacial score (nSPS) is 12.7. The summed E-state index contributed by atoms with van der Waals surface area (Å²) >= 11 is 0.